The Morgan fingerprint density at radius 3 is 1.71 bits per heavy atom. The fourth-order valence-electron chi connectivity index (χ4n) is 11.0. The molecule has 304 valence electrons. The predicted octanol–water partition coefficient (Wildman–Crippen LogP) is 16.5. The molecule has 1 aromatic heterocycles. The molecule has 1 N–H and O–H groups in total. The van der Waals surface area contributed by atoms with Crippen molar-refractivity contribution in [2.24, 2.45) is 0 Å². The van der Waals surface area contributed by atoms with Crippen LogP contribution in [0.15, 0.2) is 249 Å². The van der Waals surface area contributed by atoms with Gasteiger partial charge in [0.15, 0.2) is 0 Å². The monoisotopic (exact) mass is 826 g/mol. The van der Waals surface area contributed by atoms with Gasteiger partial charge in [-0.3, -0.25) is 0 Å². The molecule has 0 unspecified atom stereocenters. The van der Waals surface area contributed by atoms with E-state index in [1.807, 2.05) is 0 Å². The highest BCUT2D eigenvalue weighted by atomic mass is 15.0. The lowest BCUT2D eigenvalue weighted by Crippen LogP contribution is -2.29. The van der Waals surface area contributed by atoms with E-state index in [9.17, 15) is 0 Å². The lowest BCUT2D eigenvalue weighted by atomic mass is 9.67. The minimum Gasteiger partial charge on any atom is -0.355 e. The molecular formula is C63H42N2. The Hall–Kier alpha value is -8.46. The normalized spacial score (nSPS) is 12.7. The summed E-state index contributed by atoms with van der Waals surface area (Å²) in [6, 6.07) is 91.5. The number of rotatable bonds is 7. The lowest BCUT2D eigenvalue weighted by molar-refractivity contribution is 0.772. The molecule has 65 heavy (non-hydrogen) atoms. The molecule has 0 aliphatic heterocycles. The van der Waals surface area contributed by atoms with Gasteiger partial charge >= 0.3 is 0 Å². The van der Waals surface area contributed by atoms with Gasteiger partial charge in [-0.1, -0.05) is 212 Å². The van der Waals surface area contributed by atoms with Crippen LogP contribution in [-0.2, 0) is 5.41 Å². The minimum absolute atomic E-state index is 0.578. The van der Waals surface area contributed by atoms with Gasteiger partial charge in [0.05, 0.1) is 22.1 Å². The first kappa shape index (κ1) is 37.1. The molecule has 0 saturated heterocycles. The molecule has 0 bridgehead atoms. The number of nitrogens with zero attached hydrogens (tertiary/aromatic N) is 1. The van der Waals surface area contributed by atoms with E-state index in [2.05, 4.69) is 259 Å². The molecule has 0 atom stereocenters. The van der Waals surface area contributed by atoms with E-state index in [0.717, 1.165) is 22.5 Å². The van der Waals surface area contributed by atoms with E-state index in [-0.39, 0.29) is 0 Å². The molecule has 1 heterocycles. The Balaban J connectivity index is 1.10. The van der Waals surface area contributed by atoms with Crippen molar-refractivity contribution < 1.29 is 0 Å². The second-order valence-electron chi connectivity index (χ2n) is 17.3. The van der Waals surface area contributed by atoms with Crippen LogP contribution in [0.4, 0.5) is 11.4 Å². The molecule has 0 radical (unpaired) electrons. The third kappa shape index (κ3) is 5.67. The summed E-state index contributed by atoms with van der Waals surface area (Å²) >= 11 is 0. The van der Waals surface area contributed by atoms with Gasteiger partial charge in [0.2, 0.25) is 0 Å². The fraction of sp³-hybridized carbons (Fsp3) is 0.0159. The molecule has 2 heteroatoms. The van der Waals surface area contributed by atoms with Gasteiger partial charge in [-0.05, 0) is 91.7 Å². The van der Waals surface area contributed by atoms with Crippen LogP contribution in [0.3, 0.4) is 0 Å². The fourth-order valence-corrected chi connectivity index (χ4v) is 11.0. The molecule has 13 rings (SSSR count). The summed E-state index contributed by atoms with van der Waals surface area (Å²) in [5.41, 5.74) is 17.5. The molecule has 11 aromatic carbocycles. The highest BCUT2D eigenvalue weighted by Crippen LogP contribution is 2.59. The maximum atomic E-state index is 3.85. The zero-order valence-corrected chi connectivity index (χ0v) is 35.6. The van der Waals surface area contributed by atoms with Crippen molar-refractivity contribution >= 4 is 54.7 Å². The van der Waals surface area contributed by atoms with E-state index in [1.54, 1.807) is 0 Å². The summed E-state index contributed by atoms with van der Waals surface area (Å²) in [7, 11) is 0. The maximum absolute atomic E-state index is 3.85. The van der Waals surface area contributed by atoms with Crippen molar-refractivity contribution in [3.63, 3.8) is 0 Å². The predicted molar refractivity (Wildman–Crippen MR) is 274 cm³/mol. The van der Waals surface area contributed by atoms with Gasteiger partial charge in [-0.25, -0.2) is 0 Å². The highest BCUT2D eigenvalue weighted by Gasteiger charge is 2.48. The lowest BCUT2D eigenvalue weighted by Gasteiger charge is -2.34. The number of benzene rings is 11. The Morgan fingerprint density at radius 1 is 0.338 bits per heavy atom. The van der Waals surface area contributed by atoms with Crippen molar-refractivity contribution in [2.75, 3.05) is 5.32 Å². The zero-order valence-electron chi connectivity index (χ0n) is 35.6. The molecule has 1 aliphatic rings. The quantitative estimate of drug-likeness (QED) is 0.169. The minimum atomic E-state index is -0.578. The summed E-state index contributed by atoms with van der Waals surface area (Å²) in [5.74, 6) is 0. The molecule has 0 saturated carbocycles. The van der Waals surface area contributed by atoms with Crippen molar-refractivity contribution in [2.45, 2.75) is 5.41 Å². The molecule has 0 fully saturated rings. The van der Waals surface area contributed by atoms with Gasteiger partial charge in [0.25, 0.3) is 0 Å². The van der Waals surface area contributed by atoms with Crippen LogP contribution in [0.5, 0.6) is 0 Å². The van der Waals surface area contributed by atoms with Crippen LogP contribution in [0.25, 0.3) is 82.4 Å². The van der Waals surface area contributed by atoms with E-state index in [1.165, 1.54) is 93.5 Å². The van der Waals surface area contributed by atoms with Crippen LogP contribution in [0.2, 0.25) is 0 Å². The number of nitrogens with one attached hydrogen (secondary N) is 1. The van der Waals surface area contributed by atoms with Gasteiger partial charge in [-0.2, -0.15) is 0 Å². The Morgan fingerprint density at radius 2 is 0.938 bits per heavy atom. The summed E-state index contributed by atoms with van der Waals surface area (Å²) < 4.78 is 2.58. The van der Waals surface area contributed by atoms with Gasteiger partial charge < -0.3 is 9.88 Å². The van der Waals surface area contributed by atoms with E-state index >= 15 is 0 Å². The van der Waals surface area contributed by atoms with Crippen LogP contribution in [0, 0.1) is 0 Å². The van der Waals surface area contributed by atoms with E-state index < -0.39 is 5.41 Å². The van der Waals surface area contributed by atoms with Crippen LogP contribution >= 0.6 is 0 Å². The smallest absolute Gasteiger partial charge is 0.0734 e. The number of hydrogen-bond donors (Lipinski definition) is 1. The Labute approximate surface area is 378 Å². The molecule has 1 aliphatic carbocycles. The van der Waals surface area contributed by atoms with E-state index in [0.29, 0.717) is 0 Å². The van der Waals surface area contributed by atoms with E-state index in [4.69, 9.17) is 0 Å². The average molecular weight is 827 g/mol. The Bertz CT molecular complexity index is 3740. The van der Waals surface area contributed by atoms with Gasteiger partial charge in [-0.15, -0.1) is 0 Å². The van der Waals surface area contributed by atoms with Crippen molar-refractivity contribution in [3.05, 3.63) is 271 Å². The van der Waals surface area contributed by atoms with Crippen molar-refractivity contribution in [1.82, 2.24) is 4.57 Å². The first-order valence-corrected chi connectivity index (χ1v) is 22.5. The second-order valence-corrected chi connectivity index (χ2v) is 17.3. The van der Waals surface area contributed by atoms with Crippen LogP contribution in [0.1, 0.15) is 22.3 Å². The molecule has 0 spiro atoms. The zero-order chi connectivity index (χ0) is 42.9. The molecule has 12 aromatic rings. The van der Waals surface area contributed by atoms with Crippen molar-refractivity contribution in [1.29, 1.82) is 0 Å². The summed E-state index contributed by atoms with van der Waals surface area (Å²) in [6.45, 7) is 0. The number of fused-ring (bicyclic) bond motifs is 9. The number of hydrogen-bond acceptors (Lipinski definition) is 1. The summed E-state index contributed by atoms with van der Waals surface area (Å²) in [5, 5.41) is 11.1. The van der Waals surface area contributed by atoms with Crippen LogP contribution in [-0.4, -0.2) is 4.57 Å². The first-order chi connectivity index (χ1) is 32.3. The third-order valence-corrected chi connectivity index (χ3v) is 13.8. The second kappa shape index (κ2) is 14.8. The molecule has 0 amide bonds. The van der Waals surface area contributed by atoms with Gasteiger partial charge in [0.1, 0.15) is 0 Å². The highest BCUT2D eigenvalue weighted by molar-refractivity contribution is 6.16. The third-order valence-electron chi connectivity index (χ3n) is 13.8. The topological polar surface area (TPSA) is 17.0 Å². The SMILES string of the molecule is c1ccc(-c2cc(-c3ccc4c(c3)c3ccc5c(c3n4-c3cccc4ccccc34)C(c3ccccc3)(c3ccccc3)c3ccccc3-5)ccc2Nc2cccc3ccccc23)cc1. The standard InChI is InChI=1S/C63H42N2/c1-4-18-44(19-5-1)54-40-45(34-38-58(54)64-57-32-16-22-42-20-10-12-28-49(42)57)46-35-39-60-55(41-46)53-37-36-52-51-30-14-15-31-56(51)63(47-24-6-2-7-25-47,48-26-8-3-9-27-48)61(52)62(53)65(60)59-33-17-23-43-21-11-13-29-50(43)59/h1-41,64H. The maximum Gasteiger partial charge on any atom is 0.0734 e. The average Bonchev–Trinajstić information content (AvgIpc) is 3.87. The van der Waals surface area contributed by atoms with Gasteiger partial charge in [0, 0.05) is 44.0 Å². The number of aromatic nitrogens is 1. The first-order valence-electron chi connectivity index (χ1n) is 22.5. The summed E-state index contributed by atoms with van der Waals surface area (Å²) in [4.78, 5) is 0. The number of anilines is 2. The molecular weight excluding hydrogens is 785 g/mol. The largest absolute Gasteiger partial charge is 0.355 e. The Kier molecular flexibility index (Phi) is 8.47. The van der Waals surface area contributed by atoms with Crippen LogP contribution < -0.4 is 5.32 Å². The molecule has 2 nitrogen and oxygen atoms in total. The summed E-state index contributed by atoms with van der Waals surface area (Å²) in [6.07, 6.45) is 0. The van der Waals surface area contributed by atoms with Crippen molar-refractivity contribution in [3.8, 4) is 39.1 Å².